The van der Waals surface area contributed by atoms with Gasteiger partial charge in [-0.05, 0) is 6.92 Å². The number of nitrogens with zero attached hydrogens (tertiary/aromatic N) is 3. The van der Waals surface area contributed by atoms with Crippen LogP contribution in [0.25, 0.3) is 0 Å². The summed E-state index contributed by atoms with van der Waals surface area (Å²) in [7, 11) is 3.07. The third kappa shape index (κ3) is 2.16. The highest BCUT2D eigenvalue weighted by atomic mass is 79.9. The Morgan fingerprint density at radius 1 is 1.42 bits per heavy atom. The molecule has 0 saturated heterocycles. The van der Waals surface area contributed by atoms with E-state index in [9.17, 15) is 4.79 Å². The Kier molecular flexibility index (Phi) is 3.71. The number of hydrogen-bond donors (Lipinski definition) is 0. The number of oxime groups is 1. The number of halogens is 1. The van der Waals surface area contributed by atoms with Crippen molar-refractivity contribution in [3.8, 4) is 0 Å². The third-order valence-electron chi connectivity index (χ3n) is 2.94. The van der Waals surface area contributed by atoms with Crippen molar-refractivity contribution in [2.75, 3.05) is 14.2 Å². The Balaban J connectivity index is 2.55. The fourth-order valence-electron chi connectivity index (χ4n) is 1.97. The van der Waals surface area contributed by atoms with E-state index < -0.39 is 4.32 Å². The molecule has 1 aromatic carbocycles. The first-order chi connectivity index (χ1) is 9.01. The molecule has 0 N–H and O–H groups in total. The van der Waals surface area contributed by atoms with Gasteiger partial charge >= 0.3 is 0 Å². The van der Waals surface area contributed by atoms with Gasteiger partial charge in [0.25, 0.3) is 5.91 Å². The molecular formula is C13H14BrN3O2. The highest BCUT2D eigenvalue weighted by Gasteiger charge is 2.51. The van der Waals surface area contributed by atoms with Crippen LogP contribution in [0.15, 0.2) is 40.6 Å². The van der Waals surface area contributed by atoms with E-state index >= 15 is 0 Å². The van der Waals surface area contributed by atoms with Crippen molar-refractivity contribution in [2.24, 2.45) is 10.3 Å². The third-order valence-corrected chi connectivity index (χ3v) is 4.23. The molecule has 1 atom stereocenters. The van der Waals surface area contributed by atoms with E-state index in [1.165, 1.54) is 12.1 Å². The van der Waals surface area contributed by atoms with Crippen molar-refractivity contribution in [1.29, 1.82) is 0 Å². The molecule has 1 aliphatic rings. The first kappa shape index (κ1) is 13.7. The summed E-state index contributed by atoms with van der Waals surface area (Å²) >= 11 is 3.49. The van der Waals surface area contributed by atoms with E-state index in [1.807, 2.05) is 30.3 Å². The second-order valence-electron chi connectivity index (χ2n) is 4.16. The zero-order chi connectivity index (χ0) is 14.0. The van der Waals surface area contributed by atoms with Crippen LogP contribution in [0.5, 0.6) is 0 Å². The van der Waals surface area contributed by atoms with Gasteiger partial charge in [0.2, 0.25) is 0 Å². The van der Waals surface area contributed by atoms with Crippen molar-refractivity contribution in [3.05, 3.63) is 35.9 Å². The van der Waals surface area contributed by atoms with Gasteiger partial charge < -0.3 is 4.84 Å². The molecule has 0 saturated carbocycles. The van der Waals surface area contributed by atoms with Crippen LogP contribution < -0.4 is 0 Å². The predicted octanol–water partition coefficient (Wildman–Crippen LogP) is 2.02. The Morgan fingerprint density at radius 3 is 2.63 bits per heavy atom. The molecule has 0 radical (unpaired) electrons. The lowest BCUT2D eigenvalue weighted by Crippen LogP contribution is -2.46. The first-order valence-corrected chi connectivity index (χ1v) is 6.51. The van der Waals surface area contributed by atoms with E-state index in [2.05, 4.69) is 26.2 Å². The molecule has 0 aliphatic carbocycles. The summed E-state index contributed by atoms with van der Waals surface area (Å²) < 4.78 is -1.07. The summed E-state index contributed by atoms with van der Waals surface area (Å²) in [5, 5.41) is 9.51. The molecule has 0 spiro atoms. The molecule has 5 nitrogen and oxygen atoms in total. The van der Waals surface area contributed by atoms with Gasteiger partial charge in [-0.2, -0.15) is 5.10 Å². The lowest BCUT2D eigenvalue weighted by atomic mass is 9.93. The predicted molar refractivity (Wildman–Crippen MR) is 77.5 cm³/mol. The van der Waals surface area contributed by atoms with Gasteiger partial charge in [0.1, 0.15) is 12.8 Å². The van der Waals surface area contributed by atoms with Gasteiger partial charge in [0.05, 0.1) is 5.71 Å². The second-order valence-corrected chi connectivity index (χ2v) is 5.35. The zero-order valence-corrected chi connectivity index (χ0v) is 12.5. The molecule has 0 fully saturated rings. The highest BCUT2D eigenvalue weighted by Crippen LogP contribution is 2.33. The summed E-state index contributed by atoms with van der Waals surface area (Å²) in [6.45, 7) is 1.73. The van der Waals surface area contributed by atoms with Gasteiger partial charge in [-0.15, -0.1) is 0 Å². The molecule has 0 aromatic heterocycles. The average Bonchev–Trinajstić information content (AvgIpc) is 2.66. The van der Waals surface area contributed by atoms with Gasteiger partial charge in [0.15, 0.2) is 4.32 Å². The van der Waals surface area contributed by atoms with Gasteiger partial charge in [-0.3, -0.25) is 4.79 Å². The van der Waals surface area contributed by atoms with Crippen LogP contribution in [0.1, 0.15) is 12.5 Å². The first-order valence-electron chi connectivity index (χ1n) is 5.71. The normalized spacial score (nSPS) is 23.6. The molecule has 0 bridgehead atoms. The molecule has 6 heteroatoms. The number of amides is 1. The SMILES string of the molecule is CO/N=C(\C)C1(Br)C(=O)N(C)N=C1c1ccccc1. The van der Waals surface area contributed by atoms with E-state index in [1.54, 1.807) is 14.0 Å². The minimum atomic E-state index is -1.07. The number of alkyl halides is 1. The topological polar surface area (TPSA) is 54.3 Å². The maximum absolute atomic E-state index is 12.4. The highest BCUT2D eigenvalue weighted by molar-refractivity contribution is 9.11. The molecule has 19 heavy (non-hydrogen) atoms. The molecule has 1 aliphatic heterocycles. The fourth-order valence-corrected chi connectivity index (χ4v) is 2.60. The molecule has 1 heterocycles. The Labute approximate surface area is 120 Å². The molecule has 1 aromatic rings. The van der Waals surface area contributed by atoms with Crippen molar-refractivity contribution in [3.63, 3.8) is 0 Å². The Morgan fingerprint density at radius 2 is 2.05 bits per heavy atom. The summed E-state index contributed by atoms with van der Waals surface area (Å²) in [4.78, 5) is 17.1. The van der Waals surface area contributed by atoms with Crippen LogP contribution in [0.2, 0.25) is 0 Å². The standard InChI is InChI=1S/C13H14BrN3O2/c1-9(16-19-3)13(14)11(15-17(2)12(13)18)10-7-5-4-6-8-10/h4-8H,1-3H3/b16-9+. The molecule has 2 rings (SSSR count). The summed E-state index contributed by atoms with van der Waals surface area (Å²) in [6, 6.07) is 9.52. The minimum Gasteiger partial charge on any atom is -0.399 e. The van der Waals surface area contributed by atoms with Gasteiger partial charge in [-0.1, -0.05) is 51.4 Å². The number of rotatable bonds is 3. The number of hydrazone groups is 1. The molecule has 100 valence electrons. The Hall–Kier alpha value is -1.69. The molecule has 1 unspecified atom stereocenters. The minimum absolute atomic E-state index is 0.190. The van der Waals surface area contributed by atoms with E-state index in [0.717, 1.165) is 5.56 Å². The quantitative estimate of drug-likeness (QED) is 0.485. The maximum Gasteiger partial charge on any atom is 0.271 e. The van der Waals surface area contributed by atoms with E-state index in [0.29, 0.717) is 11.4 Å². The smallest absolute Gasteiger partial charge is 0.271 e. The van der Waals surface area contributed by atoms with Crippen LogP contribution in [-0.2, 0) is 9.63 Å². The maximum atomic E-state index is 12.4. The van der Waals surface area contributed by atoms with Crippen LogP contribution >= 0.6 is 15.9 Å². The zero-order valence-electron chi connectivity index (χ0n) is 10.9. The fraction of sp³-hybridized carbons (Fsp3) is 0.308. The number of carbonyl (C=O) groups is 1. The van der Waals surface area contributed by atoms with Crippen LogP contribution in [0, 0.1) is 0 Å². The number of carbonyl (C=O) groups excluding carboxylic acids is 1. The summed E-state index contributed by atoms with van der Waals surface area (Å²) in [5.41, 5.74) is 1.98. The van der Waals surface area contributed by atoms with Gasteiger partial charge in [0, 0.05) is 12.6 Å². The van der Waals surface area contributed by atoms with E-state index in [4.69, 9.17) is 4.84 Å². The lowest BCUT2D eigenvalue weighted by molar-refractivity contribution is -0.127. The average molecular weight is 324 g/mol. The Bertz CT molecular complexity index is 556. The van der Waals surface area contributed by atoms with E-state index in [-0.39, 0.29) is 5.91 Å². The van der Waals surface area contributed by atoms with Crippen LogP contribution in [-0.4, -0.2) is 40.8 Å². The monoisotopic (exact) mass is 323 g/mol. The summed E-state index contributed by atoms with van der Waals surface area (Å²) in [5.74, 6) is -0.190. The molecular weight excluding hydrogens is 310 g/mol. The van der Waals surface area contributed by atoms with Crippen molar-refractivity contribution in [1.82, 2.24) is 5.01 Å². The second kappa shape index (κ2) is 5.13. The summed E-state index contributed by atoms with van der Waals surface area (Å²) in [6.07, 6.45) is 0. The van der Waals surface area contributed by atoms with Crippen LogP contribution in [0.4, 0.5) is 0 Å². The molecule has 1 amide bonds. The van der Waals surface area contributed by atoms with Crippen LogP contribution in [0.3, 0.4) is 0 Å². The van der Waals surface area contributed by atoms with Crippen molar-refractivity contribution >= 4 is 33.3 Å². The van der Waals surface area contributed by atoms with Gasteiger partial charge in [-0.25, -0.2) is 5.01 Å². The largest absolute Gasteiger partial charge is 0.399 e. The lowest BCUT2D eigenvalue weighted by Gasteiger charge is -2.21. The number of hydrogen-bond acceptors (Lipinski definition) is 4. The van der Waals surface area contributed by atoms with Crippen molar-refractivity contribution in [2.45, 2.75) is 11.2 Å². The number of benzene rings is 1. The van der Waals surface area contributed by atoms with Crippen molar-refractivity contribution < 1.29 is 9.63 Å².